The minimum atomic E-state index is 0.106. The average molecular weight is 256 g/mol. The number of benzene rings is 1. The summed E-state index contributed by atoms with van der Waals surface area (Å²) in [5.41, 5.74) is 3.37. The van der Waals surface area contributed by atoms with E-state index in [-0.39, 0.29) is 6.04 Å². The summed E-state index contributed by atoms with van der Waals surface area (Å²) in [4.78, 5) is 4.38. The molecule has 2 rings (SSSR count). The molecule has 0 aliphatic heterocycles. The van der Waals surface area contributed by atoms with Gasteiger partial charge in [0.2, 0.25) is 0 Å². The highest BCUT2D eigenvalue weighted by Crippen LogP contribution is 2.30. The monoisotopic (exact) mass is 256 g/mol. The van der Waals surface area contributed by atoms with Gasteiger partial charge in [-0.3, -0.25) is 4.98 Å². The Kier molecular flexibility index (Phi) is 4.53. The molecule has 0 spiro atoms. The topological polar surface area (TPSA) is 34.1 Å². The van der Waals surface area contributed by atoms with Gasteiger partial charge in [0.25, 0.3) is 0 Å². The maximum absolute atomic E-state index is 5.47. The molecule has 100 valence electrons. The molecular weight excluding hydrogens is 236 g/mol. The summed E-state index contributed by atoms with van der Waals surface area (Å²) in [6.45, 7) is 5.03. The lowest BCUT2D eigenvalue weighted by molar-refractivity contribution is 0.404. The normalized spacial score (nSPS) is 12.2. The Morgan fingerprint density at radius 2 is 1.89 bits per heavy atom. The van der Waals surface area contributed by atoms with Gasteiger partial charge < -0.3 is 10.1 Å². The van der Waals surface area contributed by atoms with E-state index in [1.165, 1.54) is 5.56 Å². The maximum atomic E-state index is 5.47. The van der Waals surface area contributed by atoms with Crippen LogP contribution < -0.4 is 10.1 Å². The van der Waals surface area contributed by atoms with Crippen molar-refractivity contribution in [1.29, 1.82) is 0 Å². The van der Waals surface area contributed by atoms with Gasteiger partial charge >= 0.3 is 0 Å². The summed E-state index contributed by atoms with van der Waals surface area (Å²) in [7, 11) is 1.71. The van der Waals surface area contributed by atoms with Gasteiger partial charge in [-0.05, 0) is 31.2 Å². The minimum absolute atomic E-state index is 0.106. The lowest BCUT2D eigenvalue weighted by Gasteiger charge is -2.22. The van der Waals surface area contributed by atoms with Crippen LogP contribution in [0.25, 0.3) is 0 Å². The van der Waals surface area contributed by atoms with Crippen LogP contribution in [0.15, 0.2) is 42.6 Å². The molecule has 1 aromatic heterocycles. The minimum Gasteiger partial charge on any atom is -0.496 e. The molecule has 3 heteroatoms. The smallest absolute Gasteiger partial charge is 0.123 e. The lowest BCUT2D eigenvalue weighted by Crippen LogP contribution is -2.23. The number of methoxy groups -OCH3 is 1. The number of ether oxygens (including phenoxy) is 1. The second kappa shape index (κ2) is 6.34. The zero-order valence-corrected chi connectivity index (χ0v) is 11.7. The molecule has 1 atom stereocenters. The van der Waals surface area contributed by atoms with Crippen molar-refractivity contribution in [2.45, 2.75) is 19.9 Å². The number of hydrogen-bond acceptors (Lipinski definition) is 3. The summed E-state index contributed by atoms with van der Waals surface area (Å²) in [6, 6.07) is 12.3. The maximum Gasteiger partial charge on any atom is 0.123 e. The predicted molar refractivity (Wildman–Crippen MR) is 77.5 cm³/mol. The third-order valence-electron chi connectivity index (χ3n) is 3.22. The first-order valence-corrected chi connectivity index (χ1v) is 6.55. The van der Waals surface area contributed by atoms with E-state index in [0.717, 1.165) is 23.6 Å². The van der Waals surface area contributed by atoms with E-state index >= 15 is 0 Å². The van der Waals surface area contributed by atoms with Crippen LogP contribution in [0, 0.1) is 6.92 Å². The second-order valence-electron chi connectivity index (χ2n) is 4.41. The SMILES string of the molecule is CCNC(c1ccccc1OC)c1cccnc1C. The second-order valence-corrected chi connectivity index (χ2v) is 4.41. The standard InChI is InChI=1S/C16H20N2O/c1-4-17-16(13-9-7-11-18-12(13)2)14-8-5-6-10-15(14)19-3/h5-11,16-17H,4H2,1-3H3. The van der Waals surface area contributed by atoms with Crippen molar-refractivity contribution in [1.82, 2.24) is 10.3 Å². The molecule has 1 heterocycles. The Balaban J connectivity index is 2.49. The lowest BCUT2D eigenvalue weighted by atomic mass is 9.97. The molecule has 1 aromatic carbocycles. The van der Waals surface area contributed by atoms with Gasteiger partial charge in [-0.15, -0.1) is 0 Å². The van der Waals surface area contributed by atoms with Crippen molar-refractivity contribution < 1.29 is 4.74 Å². The van der Waals surface area contributed by atoms with Gasteiger partial charge in [0.05, 0.1) is 13.2 Å². The molecule has 0 bridgehead atoms. The fourth-order valence-electron chi connectivity index (χ4n) is 2.30. The van der Waals surface area contributed by atoms with E-state index in [2.05, 4.69) is 29.4 Å². The summed E-state index contributed by atoms with van der Waals surface area (Å²) < 4.78 is 5.47. The van der Waals surface area contributed by atoms with Crippen molar-refractivity contribution in [3.05, 3.63) is 59.4 Å². The van der Waals surface area contributed by atoms with E-state index in [4.69, 9.17) is 4.74 Å². The van der Waals surface area contributed by atoms with Gasteiger partial charge in [-0.2, -0.15) is 0 Å². The molecule has 0 saturated carbocycles. The first-order valence-electron chi connectivity index (χ1n) is 6.55. The molecule has 1 unspecified atom stereocenters. The van der Waals surface area contributed by atoms with E-state index in [1.54, 1.807) is 7.11 Å². The highest BCUT2D eigenvalue weighted by atomic mass is 16.5. The largest absolute Gasteiger partial charge is 0.496 e. The molecule has 0 aliphatic rings. The Bertz CT molecular complexity index is 540. The molecule has 0 fully saturated rings. The zero-order valence-electron chi connectivity index (χ0n) is 11.7. The van der Waals surface area contributed by atoms with Gasteiger partial charge in [0.1, 0.15) is 5.75 Å². The average Bonchev–Trinajstić information content (AvgIpc) is 2.46. The summed E-state index contributed by atoms with van der Waals surface area (Å²) in [6.07, 6.45) is 1.82. The van der Waals surface area contributed by atoms with E-state index < -0.39 is 0 Å². The number of aryl methyl sites for hydroxylation is 1. The fourth-order valence-corrected chi connectivity index (χ4v) is 2.30. The molecule has 0 amide bonds. The van der Waals surface area contributed by atoms with Crippen molar-refractivity contribution in [2.24, 2.45) is 0 Å². The molecule has 0 aliphatic carbocycles. The Morgan fingerprint density at radius 1 is 1.16 bits per heavy atom. The van der Waals surface area contributed by atoms with E-state index in [0.29, 0.717) is 0 Å². The number of nitrogens with one attached hydrogen (secondary N) is 1. The summed E-state index contributed by atoms with van der Waals surface area (Å²) in [5, 5.41) is 3.51. The van der Waals surface area contributed by atoms with Gasteiger partial charge in [-0.25, -0.2) is 0 Å². The fraction of sp³-hybridized carbons (Fsp3) is 0.312. The van der Waals surface area contributed by atoms with Crippen LogP contribution in [0.2, 0.25) is 0 Å². The molecular formula is C16H20N2O. The van der Waals surface area contributed by atoms with Gasteiger partial charge in [0, 0.05) is 17.5 Å². The zero-order chi connectivity index (χ0) is 13.7. The number of nitrogens with zero attached hydrogens (tertiary/aromatic N) is 1. The molecule has 1 N–H and O–H groups in total. The first kappa shape index (κ1) is 13.6. The molecule has 19 heavy (non-hydrogen) atoms. The van der Waals surface area contributed by atoms with Gasteiger partial charge in [0.15, 0.2) is 0 Å². The quantitative estimate of drug-likeness (QED) is 0.892. The molecule has 0 radical (unpaired) electrons. The number of hydrogen-bond donors (Lipinski definition) is 1. The van der Waals surface area contributed by atoms with Crippen molar-refractivity contribution >= 4 is 0 Å². The Morgan fingerprint density at radius 3 is 2.58 bits per heavy atom. The third-order valence-corrected chi connectivity index (χ3v) is 3.22. The van der Waals surface area contributed by atoms with Crippen molar-refractivity contribution in [3.8, 4) is 5.75 Å². The van der Waals surface area contributed by atoms with E-state index in [1.807, 2.05) is 37.4 Å². The Labute approximate surface area is 114 Å². The van der Waals surface area contributed by atoms with Gasteiger partial charge in [-0.1, -0.05) is 31.2 Å². The van der Waals surface area contributed by atoms with E-state index in [9.17, 15) is 0 Å². The molecule has 2 aromatic rings. The highest BCUT2D eigenvalue weighted by Gasteiger charge is 2.18. The Hall–Kier alpha value is -1.87. The first-order chi connectivity index (χ1) is 9.27. The molecule has 0 saturated heterocycles. The number of aromatic nitrogens is 1. The van der Waals surface area contributed by atoms with Crippen LogP contribution in [0.1, 0.15) is 29.8 Å². The van der Waals surface area contributed by atoms with Crippen LogP contribution in [0.4, 0.5) is 0 Å². The van der Waals surface area contributed by atoms with Crippen LogP contribution in [-0.4, -0.2) is 18.6 Å². The highest BCUT2D eigenvalue weighted by molar-refractivity contribution is 5.42. The van der Waals surface area contributed by atoms with Crippen LogP contribution in [-0.2, 0) is 0 Å². The number of rotatable bonds is 5. The van der Waals surface area contributed by atoms with Crippen LogP contribution in [0.3, 0.4) is 0 Å². The summed E-state index contributed by atoms with van der Waals surface area (Å²) >= 11 is 0. The third kappa shape index (κ3) is 2.93. The summed E-state index contributed by atoms with van der Waals surface area (Å²) in [5.74, 6) is 0.900. The van der Waals surface area contributed by atoms with Crippen LogP contribution >= 0.6 is 0 Å². The van der Waals surface area contributed by atoms with Crippen molar-refractivity contribution in [2.75, 3.05) is 13.7 Å². The number of para-hydroxylation sites is 1. The van der Waals surface area contributed by atoms with Crippen LogP contribution in [0.5, 0.6) is 5.75 Å². The number of pyridine rings is 1. The molecule has 3 nitrogen and oxygen atoms in total. The van der Waals surface area contributed by atoms with Crippen molar-refractivity contribution in [3.63, 3.8) is 0 Å². The predicted octanol–water partition coefficient (Wildman–Crippen LogP) is 3.10.